The second kappa shape index (κ2) is 6.27. The van der Waals surface area contributed by atoms with Crippen molar-refractivity contribution in [3.8, 4) is 0 Å². The van der Waals surface area contributed by atoms with E-state index >= 15 is 0 Å². The van der Waals surface area contributed by atoms with Crippen LogP contribution in [0.5, 0.6) is 0 Å². The summed E-state index contributed by atoms with van der Waals surface area (Å²) in [7, 11) is 1.59. The summed E-state index contributed by atoms with van der Waals surface area (Å²) in [6.07, 6.45) is 1.94. The first kappa shape index (κ1) is 20.9. The molecule has 4 bridgehead atoms. The van der Waals surface area contributed by atoms with Gasteiger partial charge in [-0.25, -0.2) is 0 Å². The third-order valence-electron chi connectivity index (χ3n) is 9.62. The van der Waals surface area contributed by atoms with Crippen molar-refractivity contribution < 1.29 is 34.0 Å². The van der Waals surface area contributed by atoms with Crippen molar-refractivity contribution in [1.29, 1.82) is 0 Å². The van der Waals surface area contributed by atoms with Crippen molar-refractivity contribution in [2.24, 2.45) is 39.9 Å². The fraction of sp³-hybridized carbons (Fsp3) is 0.913. The molecule has 4 saturated carbocycles. The zero-order valence-electron chi connectivity index (χ0n) is 18.3. The molecule has 6 rings (SSSR count). The average molecular weight is 423 g/mol. The maximum Gasteiger partial charge on any atom is 0.302 e. The van der Waals surface area contributed by atoms with Crippen LogP contribution < -0.4 is 0 Å². The Kier molecular flexibility index (Phi) is 4.36. The molecule has 7 heteroatoms. The number of aliphatic hydroxyl groups is 2. The maximum atomic E-state index is 13.9. The normalized spacial score (nSPS) is 53.2. The standard InChI is InChI=1S/C23H34O7/c1-12(24)30-16-7-8-20(2,3)17-19(26)23(27)22-9-13(14(10-28-4)18(22)25)5-6-15(22)21(16,17)11-29-23/h13-17,19,26-27H,5-11H2,1-4H3/t13-,14?,15+,16+,17-,19+,21-,22+,23?/m1/s1. The highest BCUT2D eigenvalue weighted by molar-refractivity contribution is 5.92. The number of ketones is 1. The summed E-state index contributed by atoms with van der Waals surface area (Å²) in [5.41, 5.74) is -2.13. The molecule has 4 aliphatic carbocycles. The fourth-order valence-corrected chi connectivity index (χ4v) is 8.75. The number of methoxy groups -OCH3 is 1. The smallest absolute Gasteiger partial charge is 0.302 e. The summed E-state index contributed by atoms with van der Waals surface area (Å²) >= 11 is 0. The van der Waals surface area contributed by atoms with E-state index < -0.39 is 28.8 Å². The third kappa shape index (κ3) is 2.15. The number of fused-ring (bicyclic) bond motifs is 2. The van der Waals surface area contributed by atoms with E-state index in [0.717, 1.165) is 19.3 Å². The maximum absolute atomic E-state index is 13.9. The van der Waals surface area contributed by atoms with Gasteiger partial charge in [-0.2, -0.15) is 0 Å². The first-order chi connectivity index (χ1) is 14.1. The fourth-order valence-electron chi connectivity index (χ4n) is 8.75. The van der Waals surface area contributed by atoms with Crippen LogP contribution in [0.3, 0.4) is 0 Å². The zero-order chi connectivity index (χ0) is 21.7. The van der Waals surface area contributed by atoms with Crippen LogP contribution in [0.15, 0.2) is 0 Å². The Morgan fingerprint density at radius 2 is 2.00 bits per heavy atom. The van der Waals surface area contributed by atoms with E-state index in [1.807, 2.05) is 0 Å². The minimum Gasteiger partial charge on any atom is -0.462 e. The molecule has 7 nitrogen and oxygen atoms in total. The van der Waals surface area contributed by atoms with Gasteiger partial charge in [0.25, 0.3) is 0 Å². The van der Waals surface area contributed by atoms with Crippen LogP contribution in [-0.4, -0.2) is 60.3 Å². The largest absolute Gasteiger partial charge is 0.462 e. The number of rotatable bonds is 3. The van der Waals surface area contributed by atoms with E-state index in [1.54, 1.807) is 7.11 Å². The summed E-state index contributed by atoms with van der Waals surface area (Å²) in [4.78, 5) is 25.9. The molecule has 0 radical (unpaired) electrons. The summed E-state index contributed by atoms with van der Waals surface area (Å²) in [5.74, 6) is -2.98. The number of carbonyl (C=O) groups is 2. The van der Waals surface area contributed by atoms with Gasteiger partial charge in [0, 0.05) is 31.3 Å². The van der Waals surface area contributed by atoms with Crippen LogP contribution in [0, 0.1) is 39.9 Å². The van der Waals surface area contributed by atoms with E-state index in [0.29, 0.717) is 19.4 Å². The van der Waals surface area contributed by atoms with Gasteiger partial charge in [-0.3, -0.25) is 9.59 Å². The Morgan fingerprint density at radius 1 is 1.27 bits per heavy atom. The molecule has 0 aromatic heterocycles. The lowest BCUT2D eigenvalue weighted by atomic mass is 9.36. The monoisotopic (exact) mass is 422 g/mol. The van der Waals surface area contributed by atoms with Crippen LogP contribution >= 0.6 is 0 Å². The van der Waals surface area contributed by atoms with Gasteiger partial charge >= 0.3 is 5.97 Å². The van der Waals surface area contributed by atoms with E-state index in [1.165, 1.54) is 6.92 Å². The molecule has 0 aromatic rings. The Hall–Kier alpha value is -1.02. The summed E-state index contributed by atoms with van der Waals surface area (Å²) in [5, 5.41) is 23.5. The second-order valence-corrected chi connectivity index (χ2v) is 11.1. The highest BCUT2D eigenvalue weighted by Crippen LogP contribution is 2.76. The number of hydrogen-bond acceptors (Lipinski definition) is 7. The van der Waals surface area contributed by atoms with Crippen molar-refractivity contribution >= 4 is 11.8 Å². The Labute approximate surface area is 177 Å². The van der Waals surface area contributed by atoms with Gasteiger partial charge in [0.2, 0.25) is 5.79 Å². The lowest BCUT2D eigenvalue weighted by Crippen LogP contribution is -2.83. The highest BCUT2D eigenvalue weighted by Gasteiger charge is 2.85. The topological polar surface area (TPSA) is 102 Å². The quantitative estimate of drug-likeness (QED) is 0.667. The number of carbonyl (C=O) groups excluding carboxylic acids is 2. The molecule has 2 unspecified atom stereocenters. The van der Waals surface area contributed by atoms with E-state index in [2.05, 4.69) is 13.8 Å². The first-order valence-electron chi connectivity index (χ1n) is 11.3. The van der Waals surface area contributed by atoms with Crippen molar-refractivity contribution in [2.75, 3.05) is 20.3 Å². The van der Waals surface area contributed by atoms with Gasteiger partial charge in [0.15, 0.2) is 0 Å². The van der Waals surface area contributed by atoms with E-state index in [9.17, 15) is 19.8 Å². The Bertz CT molecular complexity index is 780. The summed E-state index contributed by atoms with van der Waals surface area (Å²) in [6, 6.07) is 0. The van der Waals surface area contributed by atoms with E-state index in [4.69, 9.17) is 14.2 Å². The predicted octanol–water partition coefficient (Wildman–Crippen LogP) is 1.68. The van der Waals surface area contributed by atoms with Crippen LogP contribution in [0.4, 0.5) is 0 Å². The molecule has 168 valence electrons. The molecule has 30 heavy (non-hydrogen) atoms. The highest BCUT2D eigenvalue weighted by atomic mass is 16.6. The molecular weight excluding hydrogens is 388 g/mol. The number of hydrogen-bond donors (Lipinski definition) is 2. The number of esters is 1. The SMILES string of the molecule is COCC1C(=O)[C@]23C[C@H]1CC[C@H]2[C@@]12COC3(O)[C@@H](O)[C@@H]1C(C)(C)CC[C@@H]2OC(C)=O. The molecule has 6 aliphatic rings. The number of ether oxygens (including phenoxy) is 3. The number of aliphatic hydroxyl groups excluding tert-OH is 1. The molecule has 9 atom stereocenters. The summed E-state index contributed by atoms with van der Waals surface area (Å²) in [6.45, 7) is 6.15. The van der Waals surface area contributed by atoms with Crippen molar-refractivity contribution in [3.63, 3.8) is 0 Å². The lowest BCUT2D eigenvalue weighted by Gasteiger charge is -2.74. The lowest BCUT2D eigenvalue weighted by molar-refractivity contribution is -0.448. The molecular formula is C23H34O7. The number of Topliss-reactive ketones (excluding diaryl/α,β-unsaturated/α-hetero) is 1. The average Bonchev–Trinajstić information content (AvgIpc) is 2.88. The zero-order valence-corrected chi connectivity index (χ0v) is 18.3. The van der Waals surface area contributed by atoms with Crippen LogP contribution in [-0.2, 0) is 23.8 Å². The predicted molar refractivity (Wildman–Crippen MR) is 105 cm³/mol. The minimum atomic E-state index is -1.91. The third-order valence-corrected chi connectivity index (χ3v) is 9.62. The molecule has 2 N–H and O–H groups in total. The second-order valence-electron chi connectivity index (χ2n) is 11.1. The molecule has 2 saturated heterocycles. The Balaban J connectivity index is 1.71. The molecule has 0 amide bonds. The summed E-state index contributed by atoms with van der Waals surface area (Å²) < 4.78 is 17.3. The van der Waals surface area contributed by atoms with Crippen LogP contribution in [0.2, 0.25) is 0 Å². The van der Waals surface area contributed by atoms with E-state index in [-0.39, 0.29) is 47.4 Å². The van der Waals surface area contributed by atoms with Gasteiger partial charge in [0.1, 0.15) is 18.0 Å². The molecule has 2 heterocycles. The van der Waals surface area contributed by atoms with Gasteiger partial charge in [-0.1, -0.05) is 13.8 Å². The molecule has 6 fully saturated rings. The van der Waals surface area contributed by atoms with Crippen molar-refractivity contribution in [2.45, 2.75) is 70.9 Å². The molecule has 2 aliphatic heterocycles. The van der Waals surface area contributed by atoms with Crippen molar-refractivity contribution in [1.82, 2.24) is 0 Å². The van der Waals surface area contributed by atoms with Gasteiger partial charge < -0.3 is 24.4 Å². The van der Waals surface area contributed by atoms with Crippen LogP contribution in [0.1, 0.15) is 52.9 Å². The first-order valence-corrected chi connectivity index (χ1v) is 11.3. The van der Waals surface area contributed by atoms with Crippen molar-refractivity contribution in [3.05, 3.63) is 0 Å². The van der Waals surface area contributed by atoms with Crippen LogP contribution in [0.25, 0.3) is 0 Å². The van der Waals surface area contributed by atoms with Gasteiger partial charge in [-0.05, 0) is 49.4 Å². The van der Waals surface area contributed by atoms with Gasteiger partial charge in [0.05, 0.1) is 18.6 Å². The molecule has 0 aromatic carbocycles. The minimum absolute atomic E-state index is 0.0409. The van der Waals surface area contributed by atoms with Gasteiger partial charge in [-0.15, -0.1) is 0 Å². The Morgan fingerprint density at radius 3 is 2.67 bits per heavy atom. The molecule has 2 spiro atoms.